The number of benzene rings is 2. The Labute approximate surface area is 184 Å². The van der Waals surface area contributed by atoms with Gasteiger partial charge in [0, 0.05) is 19.1 Å². The van der Waals surface area contributed by atoms with Gasteiger partial charge in [0.2, 0.25) is 0 Å². The first kappa shape index (κ1) is 20.0. The molecule has 2 aromatic rings. The van der Waals surface area contributed by atoms with Gasteiger partial charge in [0.05, 0.1) is 5.57 Å². The third-order valence-electron chi connectivity index (χ3n) is 7.04. The molecule has 1 fully saturated rings. The van der Waals surface area contributed by atoms with Crippen molar-refractivity contribution >= 4 is 17.4 Å². The number of fused-ring (bicyclic) bond motifs is 1. The highest BCUT2D eigenvalue weighted by molar-refractivity contribution is 6.35. The number of hydrogen-bond acceptors (Lipinski definition) is 3. The molecule has 2 amide bonds. The number of carbonyl (C=O) groups is 2. The summed E-state index contributed by atoms with van der Waals surface area (Å²) in [5.74, 6) is -0.190. The predicted octanol–water partition coefficient (Wildman–Crippen LogP) is 4.94. The van der Waals surface area contributed by atoms with Crippen LogP contribution in [0.2, 0.25) is 0 Å². The molecule has 1 aliphatic carbocycles. The van der Waals surface area contributed by atoms with E-state index in [0.717, 1.165) is 44.2 Å². The number of carbonyl (C=O) groups excluding carboxylic acids is 2. The van der Waals surface area contributed by atoms with Crippen LogP contribution in [0.25, 0.3) is 5.57 Å². The summed E-state index contributed by atoms with van der Waals surface area (Å²) in [5.41, 5.74) is 4.63. The Morgan fingerprint density at radius 1 is 0.710 bits per heavy atom. The molecule has 4 heteroatoms. The van der Waals surface area contributed by atoms with Gasteiger partial charge in [-0.15, -0.1) is 0 Å². The molecular weight excluding hydrogens is 384 g/mol. The van der Waals surface area contributed by atoms with E-state index in [0.29, 0.717) is 17.8 Å². The summed E-state index contributed by atoms with van der Waals surface area (Å²) in [7, 11) is 0. The van der Waals surface area contributed by atoms with Gasteiger partial charge < -0.3 is 4.90 Å². The van der Waals surface area contributed by atoms with Crippen LogP contribution in [0.1, 0.15) is 61.6 Å². The van der Waals surface area contributed by atoms with Crippen molar-refractivity contribution < 1.29 is 9.59 Å². The van der Waals surface area contributed by atoms with Gasteiger partial charge in [0.25, 0.3) is 11.8 Å². The topological polar surface area (TPSA) is 40.6 Å². The first-order valence-corrected chi connectivity index (χ1v) is 11.7. The number of nitrogens with zero attached hydrogens (tertiary/aromatic N) is 2. The summed E-state index contributed by atoms with van der Waals surface area (Å²) >= 11 is 0. The molecule has 31 heavy (non-hydrogen) atoms. The van der Waals surface area contributed by atoms with E-state index in [2.05, 4.69) is 29.2 Å². The van der Waals surface area contributed by atoms with Crippen molar-refractivity contribution in [1.82, 2.24) is 9.80 Å². The van der Waals surface area contributed by atoms with Crippen LogP contribution in [0.5, 0.6) is 0 Å². The minimum absolute atomic E-state index is 0.0218. The Balaban J connectivity index is 1.53. The minimum atomic E-state index is -0.101. The second kappa shape index (κ2) is 8.70. The van der Waals surface area contributed by atoms with Crippen molar-refractivity contribution in [2.24, 2.45) is 0 Å². The lowest BCUT2D eigenvalue weighted by Gasteiger charge is -2.33. The summed E-state index contributed by atoms with van der Waals surface area (Å²) in [5, 5.41) is 0. The summed E-state index contributed by atoms with van der Waals surface area (Å²) in [6.45, 7) is 1.44. The minimum Gasteiger partial charge on any atom is -0.362 e. The number of amides is 2. The molecule has 0 atom stereocenters. The summed E-state index contributed by atoms with van der Waals surface area (Å²) in [6.07, 6.45) is 8.59. The first-order chi connectivity index (χ1) is 15.2. The largest absolute Gasteiger partial charge is 0.362 e. The second-order valence-corrected chi connectivity index (χ2v) is 9.01. The van der Waals surface area contributed by atoms with E-state index in [1.54, 1.807) is 4.90 Å². The summed E-state index contributed by atoms with van der Waals surface area (Å²) < 4.78 is 0. The Kier molecular flexibility index (Phi) is 5.63. The molecule has 2 aliphatic heterocycles. The second-order valence-electron chi connectivity index (χ2n) is 9.01. The standard InChI is InChI=1S/C27H30N2O2/c30-26-24(21-12-5-4-6-13-21)25(28-18-17-20-11-9-10-14-22(20)19-28)27(31)29(26)23-15-7-2-1-3-8-16-23/h4-6,9-14,23H,1-3,7-8,15-19H2. The van der Waals surface area contributed by atoms with Crippen molar-refractivity contribution in [2.75, 3.05) is 6.54 Å². The Morgan fingerprint density at radius 3 is 2.10 bits per heavy atom. The molecule has 2 heterocycles. The van der Waals surface area contributed by atoms with Crippen molar-refractivity contribution in [3.05, 3.63) is 77.0 Å². The molecule has 1 saturated carbocycles. The van der Waals surface area contributed by atoms with Crippen molar-refractivity contribution in [1.29, 1.82) is 0 Å². The molecule has 4 nitrogen and oxygen atoms in total. The first-order valence-electron chi connectivity index (χ1n) is 11.7. The summed E-state index contributed by atoms with van der Waals surface area (Å²) in [4.78, 5) is 31.3. The SMILES string of the molecule is O=C1C(c2ccccc2)=C(N2CCc3ccccc3C2)C(=O)N1C1CCCCCCC1. The highest BCUT2D eigenvalue weighted by Crippen LogP contribution is 2.37. The molecule has 0 spiro atoms. The maximum absolute atomic E-state index is 13.8. The van der Waals surface area contributed by atoms with Crippen LogP contribution in [-0.4, -0.2) is 34.2 Å². The van der Waals surface area contributed by atoms with Crippen molar-refractivity contribution in [3.63, 3.8) is 0 Å². The average molecular weight is 415 g/mol. The third-order valence-corrected chi connectivity index (χ3v) is 7.04. The lowest BCUT2D eigenvalue weighted by Crippen LogP contribution is -2.43. The number of imide groups is 1. The van der Waals surface area contributed by atoms with E-state index < -0.39 is 0 Å². The zero-order valence-electron chi connectivity index (χ0n) is 18.1. The van der Waals surface area contributed by atoms with Crippen LogP contribution >= 0.6 is 0 Å². The van der Waals surface area contributed by atoms with Crippen LogP contribution in [0.3, 0.4) is 0 Å². The van der Waals surface area contributed by atoms with Crippen molar-refractivity contribution in [2.45, 2.75) is 64.0 Å². The molecule has 0 saturated heterocycles. The molecule has 0 bridgehead atoms. The molecule has 3 aliphatic rings. The lowest BCUT2D eigenvalue weighted by atomic mass is 9.95. The smallest absolute Gasteiger partial charge is 0.278 e. The number of rotatable bonds is 3. The highest BCUT2D eigenvalue weighted by atomic mass is 16.2. The molecule has 0 N–H and O–H groups in total. The van der Waals surface area contributed by atoms with E-state index in [9.17, 15) is 9.59 Å². The van der Waals surface area contributed by atoms with Gasteiger partial charge in [-0.3, -0.25) is 14.5 Å². The third kappa shape index (κ3) is 3.80. The molecule has 0 radical (unpaired) electrons. The average Bonchev–Trinajstić information content (AvgIpc) is 3.04. The van der Waals surface area contributed by atoms with E-state index >= 15 is 0 Å². The van der Waals surface area contributed by atoms with E-state index in [1.165, 1.54) is 30.4 Å². The van der Waals surface area contributed by atoms with Gasteiger partial charge >= 0.3 is 0 Å². The Morgan fingerprint density at radius 2 is 1.35 bits per heavy atom. The number of hydrogen-bond donors (Lipinski definition) is 0. The molecular formula is C27H30N2O2. The normalized spacial score (nSPS) is 20.6. The maximum atomic E-state index is 13.8. The zero-order valence-corrected chi connectivity index (χ0v) is 18.1. The summed E-state index contributed by atoms with van der Waals surface area (Å²) in [6, 6.07) is 18.2. The maximum Gasteiger partial charge on any atom is 0.278 e. The molecule has 160 valence electrons. The lowest BCUT2D eigenvalue weighted by molar-refractivity contribution is -0.140. The Bertz CT molecular complexity index is 1000. The predicted molar refractivity (Wildman–Crippen MR) is 122 cm³/mol. The molecule has 0 aromatic heterocycles. The van der Waals surface area contributed by atoms with Crippen LogP contribution < -0.4 is 0 Å². The fraction of sp³-hybridized carbons (Fsp3) is 0.407. The van der Waals surface area contributed by atoms with E-state index in [-0.39, 0.29) is 17.9 Å². The van der Waals surface area contributed by atoms with Gasteiger partial charge in [0.15, 0.2) is 0 Å². The van der Waals surface area contributed by atoms with Crippen LogP contribution in [0.15, 0.2) is 60.3 Å². The van der Waals surface area contributed by atoms with E-state index in [4.69, 9.17) is 0 Å². The van der Waals surface area contributed by atoms with Gasteiger partial charge in [-0.05, 0) is 36.0 Å². The van der Waals surface area contributed by atoms with Crippen molar-refractivity contribution in [3.8, 4) is 0 Å². The van der Waals surface area contributed by atoms with Gasteiger partial charge in [-0.25, -0.2) is 0 Å². The van der Waals surface area contributed by atoms with Gasteiger partial charge in [0.1, 0.15) is 5.70 Å². The Hall–Kier alpha value is -2.88. The molecule has 2 aromatic carbocycles. The monoisotopic (exact) mass is 414 g/mol. The van der Waals surface area contributed by atoms with Crippen LogP contribution in [0, 0.1) is 0 Å². The fourth-order valence-corrected chi connectivity index (χ4v) is 5.40. The van der Waals surface area contributed by atoms with Gasteiger partial charge in [-0.2, -0.15) is 0 Å². The van der Waals surface area contributed by atoms with E-state index in [1.807, 2.05) is 30.3 Å². The zero-order chi connectivity index (χ0) is 21.2. The molecule has 5 rings (SSSR count). The van der Waals surface area contributed by atoms with Crippen LogP contribution in [-0.2, 0) is 22.6 Å². The quantitative estimate of drug-likeness (QED) is 0.668. The molecule has 0 unspecified atom stereocenters. The van der Waals surface area contributed by atoms with Crippen LogP contribution in [0.4, 0.5) is 0 Å². The highest BCUT2D eigenvalue weighted by Gasteiger charge is 2.44. The fourth-order valence-electron chi connectivity index (χ4n) is 5.40. The van der Waals surface area contributed by atoms with Gasteiger partial charge in [-0.1, -0.05) is 86.7 Å².